The van der Waals surface area contributed by atoms with Gasteiger partial charge in [0.25, 0.3) is 5.91 Å². The summed E-state index contributed by atoms with van der Waals surface area (Å²) >= 11 is 0. The summed E-state index contributed by atoms with van der Waals surface area (Å²) in [6.07, 6.45) is 0.834. The molecule has 2 atom stereocenters. The van der Waals surface area contributed by atoms with E-state index < -0.39 is 6.04 Å². The maximum atomic E-state index is 13.0. The van der Waals surface area contributed by atoms with Crippen LogP contribution in [0.3, 0.4) is 0 Å². The number of aryl methyl sites for hydroxylation is 2. The predicted octanol–water partition coefficient (Wildman–Crippen LogP) is 4.01. The van der Waals surface area contributed by atoms with E-state index in [1.807, 2.05) is 76.2 Å². The van der Waals surface area contributed by atoms with Crippen molar-refractivity contribution in [1.29, 1.82) is 0 Å². The summed E-state index contributed by atoms with van der Waals surface area (Å²) in [5, 5.41) is 2.97. The molecule has 5 heteroatoms. The summed E-state index contributed by atoms with van der Waals surface area (Å²) in [6, 6.07) is 15.0. The van der Waals surface area contributed by atoms with E-state index in [9.17, 15) is 9.59 Å². The molecule has 0 fully saturated rings. The summed E-state index contributed by atoms with van der Waals surface area (Å²) in [4.78, 5) is 27.3. The molecule has 0 aromatic heterocycles. The zero-order valence-electron chi connectivity index (χ0n) is 18.1. The maximum Gasteiger partial charge on any atom is 0.261 e. The van der Waals surface area contributed by atoms with Crippen LogP contribution < -0.4 is 10.1 Å². The Kier molecular flexibility index (Phi) is 8.25. The minimum absolute atomic E-state index is 0.0597. The van der Waals surface area contributed by atoms with Gasteiger partial charge in [-0.3, -0.25) is 9.59 Å². The molecule has 0 aliphatic carbocycles. The topological polar surface area (TPSA) is 58.6 Å². The van der Waals surface area contributed by atoms with Crippen molar-refractivity contribution in [1.82, 2.24) is 10.2 Å². The molecule has 2 amide bonds. The van der Waals surface area contributed by atoms with Crippen LogP contribution in [0.1, 0.15) is 43.9 Å². The molecule has 0 bridgehead atoms. The normalized spacial score (nSPS) is 12.7. The Balaban J connectivity index is 2.15. The zero-order chi connectivity index (χ0) is 21.4. The van der Waals surface area contributed by atoms with Gasteiger partial charge >= 0.3 is 0 Å². The van der Waals surface area contributed by atoms with Gasteiger partial charge in [-0.25, -0.2) is 0 Å². The van der Waals surface area contributed by atoms with Crippen LogP contribution in [0, 0.1) is 13.8 Å². The summed E-state index contributed by atoms with van der Waals surface area (Å²) in [6.45, 7) is 9.93. The SMILES string of the molecule is CC[C@@H](C)NC(=O)[C@@H](C)N(Cc1ccc(C)cc1)C(=O)COc1ccccc1C. The second-order valence-electron chi connectivity index (χ2n) is 7.56. The Morgan fingerprint density at radius 2 is 1.69 bits per heavy atom. The Morgan fingerprint density at radius 3 is 2.31 bits per heavy atom. The lowest BCUT2D eigenvalue weighted by Gasteiger charge is -2.29. The second-order valence-corrected chi connectivity index (χ2v) is 7.56. The van der Waals surface area contributed by atoms with Crippen molar-refractivity contribution >= 4 is 11.8 Å². The summed E-state index contributed by atoms with van der Waals surface area (Å²) < 4.78 is 5.75. The highest BCUT2D eigenvalue weighted by molar-refractivity contribution is 5.88. The van der Waals surface area contributed by atoms with Gasteiger partial charge in [0.15, 0.2) is 6.61 Å². The largest absolute Gasteiger partial charge is 0.484 e. The highest BCUT2D eigenvalue weighted by Crippen LogP contribution is 2.17. The molecule has 2 rings (SSSR count). The second kappa shape index (κ2) is 10.6. The molecule has 5 nitrogen and oxygen atoms in total. The van der Waals surface area contributed by atoms with Crippen molar-refractivity contribution in [2.45, 2.75) is 59.7 Å². The predicted molar refractivity (Wildman–Crippen MR) is 116 cm³/mol. The minimum Gasteiger partial charge on any atom is -0.484 e. The Bertz CT molecular complexity index is 817. The van der Waals surface area contributed by atoms with Crippen LogP contribution in [0.25, 0.3) is 0 Å². The molecule has 0 aliphatic heterocycles. The van der Waals surface area contributed by atoms with Crippen molar-refractivity contribution < 1.29 is 14.3 Å². The van der Waals surface area contributed by atoms with Crippen molar-refractivity contribution in [3.63, 3.8) is 0 Å². The van der Waals surface area contributed by atoms with Crippen molar-refractivity contribution in [2.24, 2.45) is 0 Å². The number of nitrogens with one attached hydrogen (secondary N) is 1. The smallest absolute Gasteiger partial charge is 0.261 e. The number of carbonyl (C=O) groups is 2. The quantitative estimate of drug-likeness (QED) is 0.697. The third kappa shape index (κ3) is 6.63. The van der Waals surface area contributed by atoms with E-state index in [0.29, 0.717) is 12.3 Å². The van der Waals surface area contributed by atoms with E-state index >= 15 is 0 Å². The number of hydrogen-bond acceptors (Lipinski definition) is 3. The fourth-order valence-electron chi connectivity index (χ4n) is 2.88. The number of benzene rings is 2. The highest BCUT2D eigenvalue weighted by atomic mass is 16.5. The van der Waals surface area contributed by atoms with E-state index in [2.05, 4.69) is 5.32 Å². The standard InChI is InChI=1S/C24H32N2O3/c1-6-19(4)25-24(28)20(5)26(15-21-13-11-17(2)12-14-21)23(27)16-29-22-10-8-7-9-18(22)3/h7-14,19-20H,6,15-16H2,1-5H3,(H,25,28)/t19-,20-/m1/s1. The number of hydrogen-bond donors (Lipinski definition) is 1. The van der Waals surface area contributed by atoms with E-state index in [0.717, 1.165) is 23.1 Å². The maximum absolute atomic E-state index is 13.0. The minimum atomic E-state index is -0.599. The molecule has 2 aromatic carbocycles. The van der Waals surface area contributed by atoms with Gasteiger partial charge in [-0.2, -0.15) is 0 Å². The number of ether oxygens (including phenoxy) is 1. The Labute approximate surface area is 174 Å². The summed E-state index contributed by atoms with van der Waals surface area (Å²) in [5.74, 6) is 0.296. The van der Waals surface area contributed by atoms with E-state index in [1.54, 1.807) is 11.8 Å². The molecule has 1 N–H and O–H groups in total. The van der Waals surface area contributed by atoms with Crippen LogP contribution in [-0.2, 0) is 16.1 Å². The van der Waals surface area contributed by atoms with Crippen molar-refractivity contribution in [3.8, 4) is 5.75 Å². The van der Waals surface area contributed by atoms with Crippen LogP contribution in [-0.4, -0.2) is 35.4 Å². The number of para-hydroxylation sites is 1. The van der Waals surface area contributed by atoms with E-state index in [-0.39, 0.29) is 24.5 Å². The zero-order valence-corrected chi connectivity index (χ0v) is 18.1. The average Bonchev–Trinajstić information content (AvgIpc) is 2.71. The molecular formula is C24H32N2O3. The van der Waals surface area contributed by atoms with Crippen LogP contribution in [0.5, 0.6) is 5.75 Å². The van der Waals surface area contributed by atoms with Gasteiger partial charge < -0.3 is 15.0 Å². The number of carbonyl (C=O) groups excluding carboxylic acids is 2. The number of nitrogens with zero attached hydrogens (tertiary/aromatic N) is 1. The lowest BCUT2D eigenvalue weighted by molar-refractivity contribution is -0.142. The summed E-state index contributed by atoms with van der Waals surface area (Å²) in [7, 11) is 0. The molecular weight excluding hydrogens is 364 g/mol. The molecule has 0 saturated carbocycles. The van der Waals surface area contributed by atoms with Gasteiger partial charge in [0.05, 0.1) is 0 Å². The molecule has 0 aliphatic rings. The fourth-order valence-corrected chi connectivity index (χ4v) is 2.88. The van der Waals surface area contributed by atoms with Crippen molar-refractivity contribution in [2.75, 3.05) is 6.61 Å². The fraction of sp³-hybridized carbons (Fsp3) is 0.417. The molecule has 2 aromatic rings. The van der Waals surface area contributed by atoms with Gasteiger partial charge in [-0.05, 0) is 51.3 Å². The first-order valence-electron chi connectivity index (χ1n) is 10.2. The highest BCUT2D eigenvalue weighted by Gasteiger charge is 2.27. The van der Waals surface area contributed by atoms with E-state index in [1.165, 1.54) is 0 Å². The van der Waals surface area contributed by atoms with Crippen LogP contribution in [0.4, 0.5) is 0 Å². The molecule has 0 spiro atoms. The first-order valence-corrected chi connectivity index (χ1v) is 10.2. The molecule has 29 heavy (non-hydrogen) atoms. The first-order chi connectivity index (χ1) is 13.8. The number of amides is 2. The van der Waals surface area contributed by atoms with Gasteiger partial charge in [0.1, 0.15) is 11.8 Å². The van der Waals surface area contributed by atoms with Crippen molar-refractivity contribution in [3.05, 3.63) is 65.2 Å². The third-order valence-corrected chi connectivity index (χ3v) is 5.09. The lowest BCUT2D eigenvalue weighted by atomic mass is 10.1. The van der Waals surface area contributed by atoms with Gasteiger partial charge in [0.2, 0.25) is 5.91 Å². The van der Waals surface area contributed by atoms with Gasteiger partial charge in [-0.15, -0.1) is 0 Å². The third-order valence-electron chi connectivity index (χ3n) is 5.09. The molecule has 0 unspecified atom stereocenters. The Morgan fingerprint density at radius 1 is 1.03 bits per heavy atom. The number of rotatable bonds is 9. The molecule has 156 valence electrons. The molecule has 0 heterocycles. The van der Waals surface area contributed by atoms with E-state index in [4.69, 9.17) is 4.74 Å². The van der Waals surface area contributed by atoms with Gasteiger partial charge in [-0.1, -0.05) is 55.0 Å². The molecule has 0 saturated heterocycles. The summed E-state index contributed by atoms with van der Waals surface area (Å²) in [5.41, 5.74) is 3.09. The van der Waals surface area contributed by atoms with Gasteiger partial charge in [0, 0.05) is 12.6 Å². The average molecular weight is 397 g/mol. The Hall–Kier alpha value is -2.82. The van der Waals surface area contributed by atoms with Crippen LogP contribution in [0.2, 0.25) is 0 Å². The van der Waals surface area contributed by atoms with Crippen LogP contribution in [0.15, 0.2) is 48.5 Å². The lowest BCUT2D eigenvalue weighted by Crippen LogP contribution is -2.50. The monoisotopic (exact) mass is 396 g/mol. The molecule has 0 radical (unpaired) electrons. The van der Waals surface area contributed by atoms with Crippen LogP contribution >= 0.6 is 0 Å². The first kappa shape index (κ1) is 22.5.